The minimum atomic E-state index is -0.216. The van der Waals surface area contributed by atoms with Crippen LogP contribution in [0.4, 0.5) is 4.39 Å². The number of nitrogens with zero attached hydrogens (tertiary/aromatic N) is 3. The zero-order chi connectivity index (χ0) is 13.0. The third-order valence-electron chi connectivity index (χ3n) is 3.38. The van der Waals surface area contributed by atoms with Gasteiger partial charge in [-0.3, -0.25) is 4.90 Å². The van der Waals surface area contributed by atoms with Gasteiger partial charge in [-0.2, -0.15) is 5.26 Å². The van der Waals surface area contributed by atoms with Gasteiger partial charge in [-0.15, -0.1) is 0 Å². The standard InChI is InChI=1S/C14H18FN3/c1-17-5-2-6-18(8-7-17)11-13-9-12(10-16)3-4-14(13)15/h3-4,9H,2,5-8,11H2,1H3. The van der Waals surface area contributed by atoms with Crippen LogP contribution >= 0.6 is 0 Å². The van der Waals surface area contributed by atoms with Crippen molar-refractivity contribution in [1.82, 2.24) is 9.80 Å². The van der Waals surface area contributed by atoms with Crippen LogP contribution in [0.15, 0.2) is 18.2 Å². The van der Waals surface area contributed by atoms with Gasteiger partial charge in [0.2, 0.25) is 0 Å². The molecule has 0 saturated carbocycles. The normalized spacial score (nSPS) is 18.3. The van der Waals surface area contributed by atoms with Crippen LogP contribution in [0.1, 0.15) is 17.5 Å². The fourth-order valence-electron chi connectivity index (χ4n) is 2.26. The third kappa shape index (κ3) is 3.28. The Kier molecular flexibility index (Phi) is 4.29. The van der Waals surface area contributed by atoms with Crippen molar-refractivity contribution < 1.29 is 4.39 Å². The molecule has 0 atom stereocenters. The zero-order valence-electron chi connectivity index (χ0n) is 10.7. The summed E-state index contributed by atoms with van der Waals surface area (Å²) < 4.78 is 13.7. The minimum absolute atomic E-state index is 0.216. The SMILES string of the molecule is CN1CCCN(Cc2cc(C#N)ccc2F)CC1. The van der Waals surface area contributed by atoms with E-state index in [0.29, 0.717) is 17.7 Å². The maximum atomic E-state index is 13.7. The Balaban J connectivity index is 2.06. The minimum Gasteiger partial charge on any atom is -0.305 e. The van der Waals surface area contributed by atoms with E-state index in [1.54, 1.807) is 6.07 Å². The van der Waals surface area contributed by atoms with Crippen LogP contribution in [0.5, 0.6) is 0 Å². The molecule has 1 heterocycles. The first-order valence-corrected chi connectivity index (χ1v) is 6.28. The van der Waals surface area contributed by atoms with Crippen molar-refractivity contribution in [3.8, 4) is 6.07 Å². The highest BCUT2D eigenvalue weighted by Crippen LogP contribution is 2.14. The Hall–Kier alpha value is -1.44. The zero-order valence-corrected chi connectivity index (χ0v) is 10.7. The van der Waals surface area contributed by atoms with E-state index in [1.807, 2.05) is 0 Å². The van der Waals surface area contributed by atoms with Crippen LogP contribution in [0.25, 0.3) is 0 Å². The highest BCUT2D eigenvalue weighted by atomic mass is 19.1. The van der Waals surface area contributed by atoms with Crippen molar-refractivity contribution >= 4 is 0 Å². The first-order chi connectivity index (χ1) is 8.69. The fraction of sp³-hybridized carbons (Fsp3) is 0.500. The van der Waals surface area contributed by atoms with E-state index in [1.165, 1.54) is 12.1 Å². The van der Waals surface area contributed by atoms with Gasteiger partial charge < -0.3 is 4.90 Å². The largest absolute Gasteiger partial charge is 0.305 e. The van der Waals surface area contributed by atoms with Gasteiger partial charge in [0.15, 0.2) is 0 Å². The molecule has 96 valence electrons. The molecule has 2 rings (SSSR count). The van der Waals surface area contributed by atoms with Crippen molar-refractivity contribution in [3.05, 3.63) is 35.1 Å². The van der Waals surface area contributed by atoms with Crippen LogP contribution in [0, 0.1) is 17.1 Å². The molecular weight excluding hydrogens is 229 g/mol. The summed E-state index contributed by atoms with van der Waals surface area (Å²) in [6, 6.07) is 6.62. The van der Waals surface area contributed by atoms with E-state index in [2.05, 4.69) is 22.9 Å². The number of halogens is 1. The molecule has 1 fully saturated rings. The number of nitriles is 1. The summed E-state index contributed by atoms with van der Waals surface area (Å²) in [6.45, 7) is 4.64. The Morgan fingerprint density at radius 3 is 2.89 bits per heavy atom. The lowest BCUT2D eigenvalue weighted by atomic mass is 10.1. The number of hydrogen-bond acceptors (Lipinski definition) is 3. The van der Waals surface area contributed by atoms with Gasteiger partial charge in [-0.25, -0.2) is 4.39 Å². The van der Waals surface area contributed by atoms with Crippen LogP contribution in [0.3, 0.4) is 0 Å². The van der Waals surface area contributed by atoms with Gasteiger partial charge in [0.25, 0.3) is 0 Å². The van der Waals surface area contributed by atoms with Crippen LogP contribution in [-0.4, -0.2) is 43.0 Å². The number of rotatable bonds is 2. The van der Waals surface area contributed by atoms with Gasteiger partial charge in [-0.05, 0) is 44.8 Å². The van der Waals surface area contributed by atoms with Crippen molar-refractivity contribution in [2.45, 2.75) is 13.0 Å². The molecule has 1 aromatic carbocycles. The highest BCUT2D eigenvalue weighted by Gasteiger charge is 2.14. The second-order valence-corrected chi connectivity index (χ2v) is 4.85. The predicted molar refractivity (Wildman–Crippen MR) is 68.5 cm³/mol. The average Bonchev–Trinajstić information content (AvgIpc) is 2.57. The summed E-state index contributed by atoms with van der Waals surface area (Å²) >= 11 is 0. The van der Waals surface area contributed by atoms with Crippen molar-refractivity contribution in [1.29, 1.82) is 5.26 Å². The lowest BCUT2D eigenvalue weighted by molar-refractivity contribution is 0.266. The first kappa shape index (κ1) is 13.0. The topological polar surface area (TPSA) is 30.3 Å². The molecule has 0 radical (unpaired) electrons. The smallest absolute Gasteiger partial charge is 0.127 e. The average molecular weight is 247 g/mol. The summed E-state index contributed by atoms with van der Waals surface area (Å²) in [5.41, 5.74) is 1.15. The molecule has 4 heteroatoms. The molecule has 1 aliphatic heterocycles. The quantitative estimate of drug-likeness (QED) is 0.798. The lowest BCUT2D eigenvalue weighted by Gasteiger charge is -2.20. The molecule has 0 N–H and O–H groups in total. The van der Waals surface area contributed by atoms with Crippen molar-refractivity contribution in [2.75, 3.05) is 33.2 Å². The lowest BCUT2D eigenvalue weighted by Crippen LogP contribution is -2.28. The summed E-state index contributed by atoms with van der Waals surface area (Å²) in [5.74, 6) is -0.216. The Labute approximate surface area is 107 Å². The number of hydrogen-bond donors (Lipinski definition) is 0. The summed E-state index contributed by atoms with van der Waals surface area (Å²) in [7, 11) is 2.11. The third-order valence-corrected chi connectivity index (χ3v) is 3.38. The molecule has 3 nitrogen and oxygen atoms in total. The predicted octanol–water partition coefficient (Wildman–Crippen LogP) is 1.83. The van der Waals surface area contributed by atoms with Gasteiger partial charge >= 0.3 is 0 Å². The van der Waals surface area contributed by atoms with Gasteiger partial charge in [-0.1, -0.05) is 0 Å². The fourth-order valence-corrected chi connectivity index (χ4v) is 2.26. The van der Waals surface area contributed by atoms with E-state index < -0.39 is 0 Å². The van der Waals surface area contributed by atoms with Crippen molar-refractivity contribution in [2.24, 2.45) is 0 Å². The van der Waals surface area contributed by atoms with Crippen molar-refractivity contribution in [3.63, 3.8) is 0 Å². The molecular formula is C14H18FN3. The van der Waals surface area contributed by atoms with Gasteiger partial charge in [0.1, 0.15) is 5.82 Å². The second kappa shape index (κ2) is 5.94. The maximum absolute atomic E-state index is 13.7. The molecule has 1 saturated heterocycles. The molecule has 0 amide bonds. The van der Waals surface area contributed by atoms with Crippen LogP contribution in [0.2, 0.25) is 0 Å². The first-order valence-electron chi connectivity index (χ1n) is 6.28. The summed E-state index contributed by atoms with van der Waals surface area (Å²) in [5, 5.41) is 8.85. The van der Waals surface area contributed by atoms with E-state index in [4.69, 9.17) is 5.26 Å². The maximum Gasteiger partial charge on any atom is 0.127 e. The molecule has 1 aromatic rings. The Bertz CT molecular complexity index is 453. The molecule has 18 heavy (non-hydrogen) atoms. The van der Waals surface area contributed by atoms with E-state index in [9.17, 15) is 4.39 Å². The van der Waals surface area contributed by atoms with Gasteiger partial charge in [0, 0.05) is 25.2 Å². The van der Waals surface area contributed by atoms with E-state index in [0.717, 1.165) is 32.6 Å². The molecule has 1 aliphatic rings. The number of benzene rings is 1. The Morgan fingerprint density at radius 1 is 1.28 bits per heavy atom. The molecule has 0 bridgehead atoms. The summed E-state index contributed by atoms with van der Waals surface area (Å²) in [4.78, 5) is 4.55. The van der Waals surface area contributed by atoms with Gasteiger partial charge in [0.05, 0.1) is 11.6 Å². The Morgan fingerprint density at radius 2 is 2.11 bits per heavy atom. The summed E-state index contributed by atoms with van der Waals surface area (Å²) in [6.07, 6.45) is 1.11. The molecule has 0 aliphatic carbocycles. The van der Waals surface area contributed by atoms with E-state index >= 15 is 0 Å². The monoisotopic (exact) mass is 247 g/mol. The van der Waals surface area contributed by atoms with Crippen LogP contribution < -0.4 is 0 Å². The molecule has 0 unspecified atom stereocenters. The van der Waals surface area contributed by atoms with E-state index in [-0.39, 0.29) is 5.82 Å². The second-order valence-electron chi connectivity index (χ2n) is 4.85. The number of likely N-dealkylation sites (N-methyl/N-ethyl adjacent to an activating group) is 1. The molecule has 0 aromatic heterocycles. The highest BCUT2D eigenvalue weighted by molar-refractivity contribution is 5.33. The molecule has 0 spiro atoms. The van der Waals surface area contributed by atoms with Crippen LogP contribution in [-0.2, 0) is 6.54 Å².